The van der Waals surface area contributed by atoms with Crippen molar-refractivity contribution in [2.75, 3.05) is 0 Å². The van der Waals surface area contributed by atoms with Crippen molar-refractivity contribution in [2.24, 2.45) is 0 Å². The summed E-state index contributed by atoms with van der Waals surface area (Å²) >= 11 is 15.4. The third-order valence-corrected chi connectivity index (χ3v) is 6.50. The molecule has 0 aliphatic rings. The quantitative estimate of drug-likeness (QED) is 0.375. The van der Waals surface area contributed by atoms with Crippen LogP contribution in [0.2, 0.25) is 10.3 Å². The van der Waals surface area contributed by atoms with E-state index in [1.54, 1.807) is 0 Å². The van der Waals surface area contributed by atoms with Crippen molar-refractivity contribution in [3.63, 3.8) is 0 Å². The number of nitrogens with zero attached hydrogens (tertiary/aromatic N) is 2. The van der Waals surface area contributed by atoms with Gasteiger partial charge in [0.25, 0.3) is 0 Å². The molecule has 0 aliphatic heterocycles. The average molecular weight is 501 g/mol. The van der Waals surface area contributed by atoms with Crippen molar-refractivity contribution < 1.29 is 0 Å². The van der Waals surface area contributed by atoms with E-state index in [-0.39, 0.29) is 0 Å². The fourth-order valence-corrected chi connectivity index (χ4v) is 5.75. The summed E-state index contributed by atoms with van der Waals surface area (Å²) in [4.78, 5) is 0. The Morgan fingerprint density at radius 1 is 0.615 bits per heavy atom. The summed E-state index contributed by atoms with van der Waals surface area (Å²) in [5.74, 6) is 0. The molecule has 5 heteroatoms. The van der Waals surface area contributed by atoms with Gasteiger partial charge in [-0.25, -0.2) is 0 Å². The van der Waals surface area contributed by atoms with Gasteiger partial charge in [0.1, 0.15) is 0 Å². The van der Waals surface area contributed by atoms with Gasteiger partial charge in [0.05, 0.1) is 0 Å². The molecule has 26 heavy (non-hydrogen) atoms. The second-order valence-electron chi connectivity index (χ2n) is 7.03. The number of imidazole rings is 1. The van der Waals surface area contributed by atoms with Gasteiger partial charge in [-0.05, 0) is 0 Å². The van der Waals surface area contributed by atoms with E-state index >= 15 is 0 Å². The van der Waals surface area contributed by atoms with Crippen LogP contribution in [-0.2, 0) is 0 Å². The molecule has 0 bridgehead atoms. The van der Waals surface area contributed by atoms with Crippen LogP contribution in [0.5, 0.6) is 0 Å². The number of aryl methyl sites for hydroxylation is 6. The van der Waals surface area contributed by atoms with Crippen LogP contribution in [0.25, 0.3) is 11.4 Å². The number of halogens is 2. The summed E-state index contributed by atoms with van der Waals surface area (Å²) in [5, 5.41) is 1.09. The first-order valence-electron chi connectivity index (χ1n) is 8.48. The average Bonchev–Trinajstić information content (AvgIpc) is 2.71. The van der Waals surface area contributed by atoms with Crippen molar-refractivity contribution in [1.29, 1.82) is 0 Å². The molecular weight excluding hydrogens is 479 g/mol. The maximum atomic E-state index is 6.74. The standard InChI is InChI=1S/C21H22Cl2N2Te/c1-11-7-13(3)17(14(4)8-11)24-19(22)20(23)25(21(24)26)18-15(5)9-12(2)10-16(18)6/h7-10H,1-6H3. The van der Waals surface area contributed by atoms with Crippen LogP contribution in [0.3, 0.4) is 0 Å². The summed E-state index contributed by atoms with van der Waals surface area (Å²) in [5.41, 5.74) is 9.43. The molecule has 0 saturated heterocycles. The summed E-state index contributed by atoms with van der Waals surface area (Å²) in [6.07, 6.45) is 0. The summed E-state index contributed by atoms with van der Waals surface area (Å²) in [6.45, 7) is 12.7. The second kappa shape index (κ2) is 7.21. The Balaban J connectivity index is 2.39. The summed E-state index contributed by atoms with van der Waals surface area (Å²) < 4.78 is 5.13. The zero-order valence-electron chi connectivity index (χ0n) is 15.9. The normalized spacial score (nSPS) is 11.2. The van der Waals surface area contributed by atoms with Gasteiger partial charge in [-0.15, -0.1) is 0 Å². The van der Waals surface area contributed by atoms with Gasteiger partial charge < -0.3 is 0 Å². The monoisotopic (exact) mass is 502 g/mol. The first-order chi connectivity index (χ1) is 12.1. The molecule has 0 amide bonds. The molecule has 3 rings (SSSR count). The Hall–Kier alpha value is -0.980. The van der Waals surface area contributed by atoms with Crippen molar-refractivity contribution in [2.45, 2.75) is 41.5 Å². The van der Waals surface area contributed by atoms with Gasteiger partial charge >= 0.3 is 178 Å². The van der Waals surface area contributed by atoms with E-state index in [0.29, 0.717) is 10.3 Å². The van der Waals surface area contributed by atoms with Crippen LogP contribution in [0, 0.1) is 45.0 Å². The zero-order valence-corrected chi connectivity index (χ0v) is 19.7. The molecule has 0 fully saturated rings. The van der Waals surface area contributed by atoms with Gasteiger partial charge in [0, 0.05) is 0 Å². The number of aromatic nitrogens is 2. The fraction of sp³-hybridized carbons (Fsp3) is 0.286. The fourth-order valence-electron chi connectivity index (χ4n) is 3.89. The SMILES string of the molecule is Cc1cc(C)c(-n2c(Cl)c(Cl)n(-c3c(C)cc(C)cc3C)c2=[Te])c(C)c1. The molecule has 0 aliphatic carbocycles. The van der Waals surface area contributed by atoms with Crippen LogP contribution < -0.4 is 0 Å². The van der Waals surface area contributed by atoms with Crippen molar-refractivity contribution >= 4 is 45.0 Å². The molecule has 0 saturated carbocycles. The predicted molar refractivity (Wildman–Crippen MR) is 113 cm³/mol. The molecule has 0 unspecified atom stereocenters. The van der Waals surface area contributed by atoms with Crippen molar-refractivity contribution in [3.8, 4) is 11.4 Å². The molecule has 1 heterocycles. The first-order valence-corrected chi connectivity index (χ1v) is 10.4. The Kier molecular flexibility index (Phi) is 5.48. The number of rotatable bonds is 2. The van der Waals surface area contributed by atoms with E-state index in [1.807, 2.05) is 21.8 Å². The van der Waals surface area contributed by atoms with Crippen LogP contribution in [0.4, 0.5) is 0 Å². The molecule has 3 aromatic rings. The Labute approximate surface area is 177 Å². The van der Waals surface area contributed by atoms with Crippen molar-refractivity contribution in [1.82, 2.24) is 9.13 Å². The van der Waals surface area contributed by atoms with Crippen LogP contribution in [0.1, 0.15) is 33.4 Å². The first kappa shape index (κ1) is 19.8. The Morgan fingerprint density at radius 3 is 1.15 bits per heavy atom. The van der Waals surface area contributed by atoms with E-state index in [0.717, 1.165) is 14.8 Å². The molecule has 0 atom stereocenters. The van der Waals surface area contributed by atoms with E-state index in [4.69, 9.17) is 23.2 Å². The molecule has 136 valence electrons. The van der Waals surface area contributed by atoms with Crippen LogP contribution in [-0.4, -0.2) is 31.0 Å². The predicted octanol–water partition coefficient (Wildman–Crippen LogP) is 6.13. The molecular formula is C21H22Cl2N2Te. The summed E-state index contributed by atoms with van der Waals surface area (Å²) in [7, 11) is 0. The van der Waals surface area contributed by atoms with E-state index < -0.39 is 0 Å². The minimum absolute atomic E-state index is 0.543. The van der Waals surface area contributed by atoms with Crippen LogP contribution >= 0.6 is 23.2 Å². The number of hydrogen-bond donors (Lipinski definition) is 0. The van der Waals surface area contributed by atoms with Gasteiger partial charge in [0.15, 0.2) is 0 Å². The van der Waals surface area contributed by atoms with Gasteiger partial charge in [-0.1, -0.05) is 0 Å². The van der Waals surface area contributed by atoms with Crippen molar-refractivity contribution in [3.05, 3.63) is 71.4 Å². The van der Waals surface area contributed by atoms with E-state index in [1.165, 1.54) is 33.4 Å². The molecule has 0 N–H and O–H groups in total. The number of benzene rings is 2. The minimum atomic E-state index is 0.543. The number of hydrogen-bond acceptors (Lipinski definition) is 0. The molecule has 0 spiro atoms. The zero-order chi connectivity index (χ0) is 19.3. The van der Waals surface area contributed by atoms with Gasteiger partial charge in [-0.3, -0.25) is 0 Å². The second-order valence-corrected chi connectivity index (χ2v) is 8.79. The molecule has 0 radical (unpaired) electrons. The van der Waals surface area contributed by atoms with E-state index in [2.05, 4.69) is 74.9 Å². The molecule has 1 aromatic heterocycles. The molecule has 2 aromatic carbocycles. The molecule has 2 nitrogen and oxygen atoms in total. The van der Waals surface area contributed by atoms with Gasteiger partial charge in [-0.2, -0.15) is 0 Å². The van der Waals surface area contributed by atoms with E-state index in [9.17, 15) is 0 Å². The Bertz CT molecular complexity index is 960. The topological polar surface area (TPSA) is 9.86 Å². The third-order valence-electron chi connectivity index (χ3n) is 4.66. The summed E-state index contributed by atoms with van der Waals surface area (Å²) in [6, 6.07) is 8.72. The third kappa shape index (κ3) is 3.20. The maximum absolute atomic E-state index is 6.74. The van der Waals surface area contributed by atoms with Gasteiger partial charge in [0.2, 0.25) is 0 Å². The Morgan fingerprint density at radius 2 is 0.885 bits per heavy atom. The van der Waals surface area contributed by atoms with Crippen LogP contribution in [0.15, 0.2) is 24.3 Å².